The molecular weight excluding hydrogens is 214 g/mol. The minimum atomic E-state index is -0.0852. The Hall–Kier alpha value is -1.84. The summed E-state index contributed by atoms with van der Waals surface area (Å²) in [5, 5.41) is 4.04. The van der Waals surface area contributed by atoms with Gasteiger partial charge in [-0.25, -0.2) is 9.48 Å². The number of rotatable bonds is 3. The van der Waals surface area contributed by atoms with Crippen LogP contribution < -0.4 is 5.69 Å². The van der Waals surface area contributed by atoms with Crippen LogP contribution >= 0.6 is 0 Å². The third kappa shape index (κ3) is 2.46. The average Bonchev–Trinajstić information content (AvgIpc) is 2.62. The van der Waals surface area contributed by atoms with E-state index < -0.39 is 0 Å². The summed E-state index contributed by atoms with van der Waals surface area (Å²) < 4.78 is 2.94. The molecule has 0 aliphatic carbocycles. The molecule has 1 aromatic carbocycles. The van der Waals surface area contributed by atoms with E-state index in [1.54, 1.807) is 7.05 Å². The zero-order valence-electron chi connectivity index (χ0n) is 10.4. The summed E-state index contributed by atoms with van der Waals surface area (Å²) >= 11 is 0. The van der Waals surface area contributed by atoms with E-state index in [-0.39, 0.29) is 5.69 Å². The van der Waals surface area contributed by atoms with E-state index in [2.05, 4.69) is 43.2 Å². The van der Waals surface area contributed by atoms with Gasteiger partial charge in [0.2, 0.25) is 0 Å². The highest BCUT2D eigenvalue weighted by Crippen LogP contribution is 2.14. The molecule has 4 nitrogen and oxygen atoms in total. The lowest BCUT2D eigenvalue weighted by Crippen LogP contribution is -2.23. The summed E-state index contributed by atoms with van der Waals surface area (Å²) in [5.74, 6) is 0.529. The molecule has 0 fully saturated rings. The molecule has 1 heterocycles. The van der Waals surface area contributed by atoms with Gasteiger partial charge in [0.1, 0.15) is 6.33 Å². The van der Waals surface area contributed by atoms with Crippen LogP contribution in [-0.4, -0.2) is 14.3 Å². The average molecular weight is 231 g/mol. The standard InChI is InChI=1S/C13H17N3O/c1-10(2)12-6-4-11(5-7-12)8-16-13(17)15(3)9-14-16/h4-7,9-10H,8H2,1-3H3. The summed E-state index contributed by atoms with van der Waals surface area (Å²) in [5.41, 5.74) is 2.32. The van der Waals surface area contributed by atoms with Crippen LogP contribution in [0.1, 0.15) is 30.9 Å². The van der Waals surface area contributed by atoms with Gasteiger partial charge in [-0.05, 0) is 17.0 Å². The maximum absolute atomic E-state index is 11.6. The maximum Gasteiger partial charge on any atom is 0.345 e. The van der Waals surface area contributed by atoms with Crippen molar-refractivity contribution in [3.8, 4) is 0 Å². The molecular formula is C13H17N3O. The Labute approximate surface area is 101 Å². The van der Waals surface area contributed by atoms with E-state index in [0.717, 1.165) is 5.56 Å². The van der Waals surface area contributed by atoms with E-state index in [1.807, 2.05) is 0 Å². The van der Waals surface area contributed by atoms with Crippen LogP contribution in [0, 0.1) is 0 Å². The highest BCUT2D eigenvalue weighted by atomic mass is 16.2. The molecule has 17 heavy (non-hydrogen) atoms. The number of aryl methyl sites for hydroxylation is 1. The molecule has 2 aromatic rings. The first-order chi connectivity index (χ1) is 8.08. The topological polar surface area (TPSA) is 39.8 Å². The smallest absolute Gasteiger partial charge is 0.285 e. The van der Waals surface area contributed by atoms with Crippen molar-refractivity contribution in [1.82, 2.24) is 14.3 Å². The number of hydrogen-bond acceptors (Lipinski definition) is 2. The number of hydrogen-bond donors (Lipinski definition) is 0. The highest BCUT2D eigenvalue weighted by molar-refractivity contribution is 5.24. The van der Waals surface area contributed by atoms with Crippen molar-refractivity contribution in [2.45, 2.75) is 26.3 Å². The predicted octanol–water partition coefficient (Wildman–Crippen LogP) is 1.75. The molecule has 0 spiro atoms. The third-order valence-electron chi connectivity index (χ3n) is 2.87. The van der Waals surface area contributed by atoms with E-state index in [1.165, 1.54) is 21.1 Å². The van der Waals surface area contributed by atoms with Crippen LogP contribution in [0.25, 0.3) is 0 Å². The molecule has 0 amide bonds. The zero-order chi connectivity index (χ0) is 12.4. The van der Waals surface area contributed by atoms with Crippen LogP contribution in [0.2, 0.25) is 0 Å². The van der Waals surface area contributed by atoms with Crippen LogP contribution in [0.3, 0.4) is 0 Å². The van der Waals surface area contributed by atoms with Gasteiger partial charge in [-0.2, -0.15) is 5.10 Å². The third-order valence-corrected chi connectivity index (χ3v) is 2.87. The van der Waals surface area contributed by atoms with Gasteiger partial charge < -0.3 is 0 Å². The molecule has 0 N–H and O–H groups in total. The number of aromatic nitrogens is 3. The monoisotopic (exact) mass is 231 g/mol. The van der Waals surface area contributed by atoms with Gasteiger partial charge in [0.15, 0.2) is 0 Å². The summed E-state index contributed by atoms with van der Waals surface area (Å²) in [6.45, 7) is 4.86. The lowest BCUT2D eigenvalue weighted by Gasteiger charge is -2.06. The lowest BCUT2D eigenvalue weighted by atomic mass is 10.0. The SMILES string of the molecule is CC(C)c1ccc(Cn2ncn(C)c2=O)cc1. The fourth-order valence-electron chi connectivity index (χ4n) is 1.71. The number of nitrogens with zero attached hydrogens (tertiary/aromatic N) is 3. The van der Waals surface area contributed by atoms with Gasteiger partial charge in [-0.15, -0.1) is 0 Å². The van der Waals surface area contributed by atoms with E-state index in [9.17, 15) is 4.79 Å². The van der Waals surface area contributed by atoms with Crippen molar-refractivity contribution >= 4 is 0 Å². The Bertz CT molecular complexity index is 549. The summed E-state index contributed by atoms with van der Waals surface area (Å²) in [6.07, 6.45) is 1.53. The van der Waals surface area contributed by atoms with E-state index in [4.69, 9.17) is 0 Å². The molecule has 0 saturated carbocycles. The molecule has 0 bridgehead atoms. The van der Waals surface area contributed by atoms with Gasteiger partial charge in [0.05, 0.1) is 6.54 Å². The minimum absolute atomic E-state index is 0.0852. The summed E-state index contributed by atoms with van der Waals surface area (Å²) in [4.78, 5) is 11.6. The fraction of sp³-hybridized carbons (Fsp3) is 0.385. The van der Waals surface area contributed by atoms with Gasteiger partial charge in [0.25, 0.3) is 0 Å². The molecule has 0 atom stereocenters. The highest BCUT2D eigenvalue weighted by Gasteiger charge is 2.03. The lowest BCUT2D eigenvalue weighted by molar-refractivity contribution is 0.646. The van der Waals surface area contributed by atoms with Crippen LogP contribution in [0.4, 0.5) is 0 Å². The molecule has 0 aliphatic rings. The molecule has 1 aromatic heterocycles. The Morgan fingerprint density at radius 1 is 1.24 bits per heavy atom. The zero-order valence-corrected chi connectivity index (χ0v) is 10.4. The fourth-order valence-corrected chi connectivity index (χ4v) is 1.71. The molecule has 90 valence electrons. The predicted molar refractivity (Wildman–Crippen MR) is 67.1 cm³/mol. The first-order valence-corrected chi connectivity index (χ1v) is 5.75. The number of benzene rings is 1. The van der Waals surface area contributed by atoms with Crippen LogP contribution in [-0.2, 0) is 13.6 Å². The molecule has 2 rings (SSSR count). The van der Waals surface area contributed by atoms with Crippen molar-refractivity contribution in [1.29, 1.82) is 0 Å². The van der Waals surface area contributed by atoms with E-state index in [0.29, 0.717) is 12.5 Å². The Kier molecular flexibility index (Phi) is 3.13. The summed E-state index contributed by atoms with van der Waals surface area (Å²) in [6, 6.07) is 8.31. The first kappa shape index (κ1) is 11.6. The van der Waals surface area contributed by atoms with Gasteiger partial charge in [-0.1, -0.05) is 38.1 Å². The van der Waals surface area contributed by atoms with Crippen molar-refractivity contribution in [2.24, 2.45) is 7.05 Å². The Balaban J connectivity index is 2.19. The van der Waals surface area contributed by atoms with Crippen LogP contribution in [0.15, 0.2) is 35.4 Å². The van der Waals surface area contributed by atoms with Gasteiger partial charge in [-0.3, -0.25) is 4.57 Å². The van der Waals surface area contributed by atoms with Crippen molar-refractivity contribution in [3.63, 3.8) is 0 Å². The van der Waals surface area contributed by atoms with Crippen molar-refractivity contribution in [3.05, 3.63) is 52.2 Å². The Morgan fingerprint density at radius 2 is 1.88 bits per heavy atom. The maximum atomic E-state index is 11.6. The quantitative estimate of drug-likeness (QED) is 0.807. The molecule has 0 radical (unpaired) electrons. The molecule has 0 aliphatic heterocycles. The van der Waals surface area contributed by atoms with E-state index >= 15 is 0 Å². The normalized spacial score (nSPS) is 11.1. The first-order valence-electron chi connectivity index (χ1n) is 5.75. The van der Waals surface area contributed by atoms with Crippen LogP contribution in [0.5, 0.6) is 0 Å². The molecule has 0 unspecified atom stereocenters. The van der Waals surface area contributed by atoms with Gasteiger partial charge in [0, 0.05) is 7.05 Å². The molecule has 4 heteroatoms. The second kappa shape index (κ2) is 4.57. The molecule has 0 saturated heterocycles. The van der Waals surface area contributed by atoms with Crippen molar-refractivity contribution in [2.75, 3.05) is 0 Å². The second-order valence-corrected chi connectivity index (χ2v) is 4.58. The summed E-state index contributed by atoms with van der Waals surface area (Å²) in [7, 11) is 1.70. The second-order valence-electron chi connectivity index (χ2n) is 4.58. The van der Waals surface area contributed by atoms with Crippen molar-refractivity contribution < 1.29 is 0 Å². The Morgan fingerprint density at radius 3 is 2.35 bits per heavy atom. The largest absolute Gasteiger partial charge is 0.345 e. The minimum Gasteiger partial charge on any atom is -0.285 e. The van der Waals surface area contributed by atoms with Gasteiger partial charge >= 0.3 is 5.69 Å².